The molecule has 2 atom stereocenters. The van der Waals surface area contributed by atoms with Crippen LogP contribution in [0.15, 0.2) is 65.8 Å². The first-order chi connectivity index (χ1) is 15.9. The topological polar surface area (TPSA) is 79.4 Å². The first-order valence-corrected chi connectivity index (χ1v) is 13.2. The van der Waals surface area contributed by atoms with Crippen molar-refractivity contribution in [3.05, 3.63) is 65.9 Å². The van der Waals surface area contributed by atoms with Gasteiger partial charge in [0.15, 0.2) is 9.84 Å². The summed E-state index contributed by atoms with van der Waals surface area (Å²) in [5, 5.41) is 5.15. The van der Waals surface area contributed by atoms with Crippen LogP contribution in [0.25, 0.3) is 10.8 Å². The lowest BCUT2D eigenvalue weighted by Crippen LogP contribution is -2.46. The van der Waals surface area contributed by atoms with E-state index in [0.717, 1.165) is 29.4 Å². The van der Waals surface area contributed by atoms with Gasteiger partial charge in [0.05, 0.1) is 10.6 Å². The molecule has 1 N–H and O–H groups in total. The lowest BCUT2D eigenvalue weighted by molar-refractivity contribution is -0.125. The first-order valence-electron chi connectivity index (χ1n) is 11.2. The average Bonchev–Trinajstić information content (AvgIpc) is 2.83. The Kier molecular flexibility index (Phi) is 7.20. The number of hydrogen-bond acceptors (Lipinski definition) is 5. The van der Waals surface area contributed by atoms with Gasteiger partial charge in [-0.25, -0.2) is 8.42 Å². The molecule has 1 amide bonds. The van der Waals surface area contributed by atoms with Gasteiger partial charge in [0.1, 0.15) is 0 Å². The molecule has 1 aromatic heterocycles. The highest BCUT2D eigenvalue weighted by molar-refractivity contribution is 7.91. The molecule has 1 saturated heterocycles. The van der Waals surface area contributed by atoms with E-state index < -0.39 is 9.84 Å². The van der Waals surface area contributed by atoms with Crippen molar-refractivity contribution in [2.24, 2.45) is 5.92 Å². The molecule has 174 valence electrons. The minimum absolute atomic E-state index is 0.0537. The maximum Gasteiger partial charge on any atom is 0.222 e. The lowest BCUT2D eigenvalue weighted by atomic mass is 9.87. The summed E-state index contributed by atoms with van der Waals surface area (Å²) in [7, 11) is -1.76. The third kappa shape index (κ3) is 5.47. The largest absolute Gasteiger partial charge is 0.368 e. The monoisotopic (exact) mass is 485 g/mol. The molecule has 0 aliphatic carbocycles. The Balaban J connectivity index is 1.47. The summed E-state index contributed by atoms with van der Waals surface area (Å²) in [4.78, 5) is 19.0. The van der Waals surface area contributed by atoms with Crippen molar-refractivity contribution in [1.29, 1.82) is 0 Å². The summed E-state index contributed by atoms with van der Waals surface area (Å²) >= 11 is 6.04. The van der Waals surface area contributed by atoms with Crippen LogP contribution in [0.5, 0.6) is 0 Å². The number of pyridine rings is 1. The number of fused-ring (bicyclic) bond motifs is 1. The van der Waals surface area contributed by atoms with Gasteiger partial charge in [-0.05, 0) is 72.9 Å². The van der Waals surface area contributed by atoms with Crippen LogP contribution in [0.2, 0.25) is 5.02 Å². The van der Waals surface area contributed by atoms with E-state index in [9.17, 15) is 13.2 Å². The molecule has 2 unspecified atom stereocenters. The van der Waals surface area contributed by atoms with Crippen molar-refractivity contribution in [2.45, 2.75) is 36.6 Å². The van der Waals surface area contributed by atoms with Gasteiger partial charge >= 0.3 is 0 Å². The highest BCUT2D eigenvalue weighted by Gasteiger charge is 2.32. The molecule has 1 aliphatic rings. The second-order valence-electron chi connectivity index (χ2n) is 8.50. The summed E-state index contributed by atoms with van der Waals surface area (Å²) in [5.41, 5.74) is 1.06. The Morgan fingerprint density at radius 3 is 2.61 bits per heavy atom. The quantitative estimate of drug-likeness (QED) is 0.534. The Morgan fingerprint density at radius 2 is 1.85 bits per heavy atom. The first kappa shape index (κ1) is 23.5. The molecule has 3 aromatic rings. The van der Waals surface area contributed by atoms with E-state index >= 15 is 0 Å². The number of aromatic nitrogens is 1. The van der Waals surface area contributed by atoms with Crippen molar-refractivity contribution >= 4 is 43.8 Å². The number of hydrogen-bond donors (Lipinski definition) is 1. The van der Waals surface area contributed by atoms with Gasteiger partial charge in [0, 0.05) is 48.7 Å². The molecule has 1 fully saturated rings. The van der Waals surface area contributed by atoms with Gasteiger partial charge in [0.25, 0.3) is 0 Å². The van der Waals surface area contributed by atoms with Crippen molar-refractivity contribution in [3.63, 3.8) is 0 Å². The third-order valence-corrected chi connectivity index (χ3v) is 8.44. The molecule has 33 heavy (non-hydrogen) atoms. The maximum absolute atomic E-state index is 13.0. The number of carbonyl (C=O) groups is 1. The zero-order valence-electron chi connectivity index (χ0n) is 18.6. The summed E-state index contributed by atoms with van der Waals surface area (Å²) in [5.74, 6) is 0.0671. The molecule has 2 heterocycles. The van der Waals surface area contributed by atoms with Gasteiger partial charge < -0.3 is 10.2 Å². The van der Waals surface area contributed by atoms with E-state index in [-0.39, 0.29) is 23.6 Å². The number of amides is 1. The van der Waals surface area contributed by atoms with E-state index in [1.807, 2.05) is 24.3 Å². The number of nitrogens with one attached hydrogen (secondary N) is 1. The van der Waals surface area contributed by atoms with Crippen molar-refractivity contribution in [3.8, 4) is 0 Å². The van der Waals surface area contributed by atoms with Crippen LogP contribution in [0.1, 0.15) is 25.7 Å². The average molecular weight is 486 g/mol. The Bertz CT molecular complexity index is 1230. The minimum Gasteiger partial charge on any atom is -0.368 e. The molecule has 8 heteroatoms. The fraction of sp³-hybridized carbons (Fsp3) is 0.360. The standard InChI is InChI=1S/C25H28ClN3O3S/c1-27-25(30)20-10-13-29(22-8-11-28-12-9-22)23(16-20)3-2-14-33(31,32)24-7-5-18-15-21(26)6-4-19(18)17-24/h4-9,11-12,15,17,20,23H,2-3,10,13-14,16H2,1H3,(H,27,30). The SMILES string of the molecule is CNC(=O)C1CCN(c2ccncc2)C(CCCS(=O)(=O)c2ccc3cc(Cl)ccc3c2)C1. The smallest absolute Gasteiger partial charge is 0.222 e. The molecule has 4 rings (SSSR count). The molecule has 2 aromatic carbocycles. The van der Waals surface area contributed by atoms with Crippen molar-refractivity contribution < 1.29 is 13.2 Å². The van der Waals surface area contributed by atoms with Gasteiger partial charge in [-0.15, -0.1) is 0 Å². The summed E-state index contributed by atoms with van der Waals surface area (Å²) in [6, 6.07) is 14.6. The van der Waals surface area contributed by atoms with Gasteiger partial charge in [-0.1, -0.05) is 23.7 Å². The van der Waals surface area contributed by atoms with Crippen molar-refractivity contribution in [2.75, 3.05) is 24.2 Å². The number of benzene rings is 2. The predicted octanol–water partition coefficient (Wildman–Crippen LogP) is 4.47. The van der Waals surface area contributed by atoms with Gasteiger partial charge in [0.2, 0.25) is 5.91 Å². The maximum atomic E-state index is 13.0. The number of halogens is 1. The molecule has 0 spiro atoms. The Labute approximate surface area is 199 Å². The normalized spacial score (nSPS) is 18.9. The fourth-order valence-corrected chi connectivity index (χ4v) is 6.20. The number of piperidine rings is 1. The van der Waals surface area contributed by atoms with Crippen LogP contribution in [0, 0.1) is 5.92 Å². The molecule has 0 radical (unpaired) electrons. The lowest BCUT2D eigenvalue weighted by Gasteiger charge is -2.40. The fourth-order valence-electron chi connectivity index (χ4n) is 4.66. The highest BCUT2D eigenvalue weighted by Crippen LogP contribution is 2.31. The number of carbonyl (C=O) groups excluding carboxylic acids is 1. The summed E-state index contributed by atoms with van der Waals surface area (Å²) in [6.45, 7) is 0.757. The molecular weight excluding hydrogens is 458 g/mol. The summed E-state index contributed by atoms with van der Waals surface area (Å²) in [6.07, 6.45) is 6.21. The molecule has 6 nitrogen and oxygen atoms in total. The molecule has 1 aliphatic heterocycles. The van der Waals surface area contributed by atoms with Crippen LogP contribution in [0.4, 0.5) is 5.69 Å². The van der Waals surface area contributed by atoms with Crippen LogP contribution in [0.3, 0.4) is 0 Å². The van der Waals surface area contributed by atoms with Crippen LogP contribution in [-0.4, -0.2) is 44.7 Å². The van der Waals surface area contributed by atoms with Crippen LogP contribution < -0.4 is 10.2 Å². The van der Waals surface area contributed by atoms with Crippen LogP contribution in [-0.2, 0) is 14.6 Å². The van der Waals surface area contributed by atoms with E-state index in [4.69, 9.17) is 11.6 Å². The summed E-state index contributed by atoms with van der Waals surface area (Å²) < 4.78 is 26.1. The number of sulfone groups is 1. The number of anilines is 1. The van der Waals surface area contributed by atoms with E-state index in [1.165, 1.54) is 0 Å². The zero-order chi connectivity index (χ0) is 23.4. The minimum atomic E-state index is -3.42. The molecular formula is C25H28ClN3O3S. The predicted molar refractivity (Wildman–Crippen MR) is 132 cm³/mol. The Morgan fingerprint density at radius 1 is 1.12 bits per heavy atom. The Hall–Kier alpha value is -2.64. The second-order valence-corrected chi connectivity index (χ2v) is 11.0. The number of rotatable bonds is 7. The van der Waals surface area contributed by atoms with Crippen LogP contribution >= 0.6 is 11.6 Å². The molecule has 0 bridgehead atoms. The van der Waals surface area contributed by atoms with E-state index in [2.05, 4.69) is 15.2 Å². The van der Waals surface area contributed by atoms with Crippen molar-refractivity contribution in [1.82, 2.24) is 10.3 Å². The number of nitrogens with zero attached hydrogens (tertiary/aromatic N) is 2. The zero-order valence-corrected chi connectivity index (χ0v) is 20.1. The van der Waals surface area contributed by atoms with E-state index in [0.29, 0.717) is 29.2 Å². The second kappa shape index (κ2) is 10.1. The highest BCUT2D eigenvalue weighted by atomic mass is 35.5. The van der Waals surface area contributed by atoms with E-state index in [1.54, 1.807) is 43.7 Å². The van der Waals surface area contributed by atoms with Gasteiger partial charge in [-0.3, -0.25) is 9.78 Å². The molecule has 0 saturated carbocycles. The third-order valence-electron chi connectivity index (χ3n) is 6.41. The van der Waals surface area contributed by atoms with Gasteiger partial charge in [-0.2, -0.15) is 0 Å².